The number of aliphatic imine (C=N–C) groups is 1. The standard InChI is InChI=1S/C21H29N5.HI/c1-17-6-4-8-19(14-17)16-25-10-12-26(13-11-25)21(22-3)24-15-20-18(2)7-5-9-23-20;/h4-9,14H,10-13,15-16H2,1-3H3,(H,22,24);1H. The summed E-state index contributed by atoms with van der Waals surface area (Å²) in [6.45, 7) is 10.1. The van der Waals surface area contributed by atoms with Crippen LogP contribution in [0.5, 0.6) is 0 Å². The molecule has 2 aromatic rings. The summed E-state index contributed by atoms with van der Waals surface area (Å²) in [5.74, 6) is 0.963. The van der Waals surface area contributed by atoms with Crippen LogP contribution >= 0.6 is 24.0 Å². The van der Waals surface area contributed by atoms with Crippen LogP contribution in [-0.4, -0.2) is 54.0 Å². The van der Waals surface area contributed by atoms with E-state index in [1.807, 2.05) is 19.3 Å². The summed E-state index contributed by atoms with van der Waals surface area (Å²) in [6.07, 6.45) is 1.84. The molecule has 146 valence electrons. The summed E-state index contributed by atoms with van der Waals surface area (Å²) in [4.78, 5) is 13.8. The number of halogens is 1. The van der Waals surface area contributed by atoms with E-state index in [9.17, 15) is 0 Å². The first-order valence-corrected chi connectivity index (χ1v) is 9.29. The number of pyridine rings is 1. The Hall–Kier alpha value is -1.67. The molecule has 1 aromatic heterocycles. The molecule has 0 radical (unpaired) electrons. The lowest BCUT2D eigenvalue weighted by Gasteiger charge is -2.36. The minimum absolute atomic E-state index is 0. The van der Waals surface area contributed by atoms with E-state index in [0.717, 1.165) is 44.4 Å². The van der Waals surface area contributed by atoms with Crippen molar-refractivity contribution in [1.29, 1.82) is 0 Å². The van der Waals surface area contributed by atoms with Crippen LogP contribution in [0.2, 0.25) is 0 Å². The highest BCUT2D eigenvalue weighted by Crippen LogP contribution is 2.11. The summed E-state index contributed by atoms with van der Waals surface area (Å²) >= 11 is 0. The second-order valence-electron chi connectivity index (χ2n) is 6.92. The van der Waals surface area contributed by atoms with Crippen molar-refractivity contribution in [1.82, 2.24) is 20.1 Å². The zero-order valence-corrected chi connectivity index (χ0v) is 18.8. The third kappa shape index (κ3) is 6.17. The Morgan fingerprint density at radius 3 is 2.56 bits per heavy atom. The predicted octanol–water partition coefficient (Wildman–Crippen LogP) is 3.21. The first-order valence-electron chi connectivity index (χ1n) is 9.29. The van der Waals surface area contributed by atoms with Crippen molar-refractivity contribution in [2.45, 2.75) is 26.9 Å². The normalized spacial score (nSPS) is 15.4. The van der Waals surface area contributed by atoms with Gasteiger partial charge in [0.05, 0.1) is 12.2 Å². The highest BCUT2D eigenvalue weighted by molar-refractivity contribution is 14.0. The fraction of sp³-hybridized carbons (Fsp3) is 0.429. The lowest BCUT2D eigenvalue weighted by Crippen LogP contribution is -2.52. The van der Waals surface area contributed by atoms with E-state index in [2.05, 4.69) is 69.3 Å². The van der Waals surface area contributed by atoms with Crippen LogP contribution in [-0.2, 0) is 13.1 Å². The van der Waals surface area contributed by atoms with Crippen molar-refractivity contribution in [3.8, 4) is 0 Å². The van der Waals surface area contributed by atoms with Gasteiger partial charge in [-0.1, -0.05) is 35.9 Å². The van der Waals surface area contributed by atoms with Gasteiger partial charge in [-0.05, 0) is 31.0 Å². The third-order valence-corrected chi connectivity index (χ3v) is 4.90. The highest BCUT2D eigenvalue weighted by Gasteiger charge is 2.19. The van der Waals surface area contributed by atoms with Crippen LogP contribution < -0.4 is 5.32 Å². The predicted molar refractivity (Wildman–Crippen MR) is 123 cm³/mol. The number of hydrogen-bond donors (Lipinski definition) is 1. The molecule has 3 rings (SSSR count). The number of nitrogens with zero attached hydrogens (tertiary/aromatic N) is 4. The number of hydrogen-bond acceptors (Lipinski definition) is 3. The number of benzene rings is 1. The first-order chi connectivity index (χ1) is 12.7. The van der Waals surface area contributed by atoms with E-state index in [0.29, 0.717) is 6.54 Å². The summed E-state index contributed by atoms with van der Waals surface area (Å²) in [6, 6.07) is 12.9. The van der Waals surface area contributed by atoms with Crippen molar-refractivity contribution in [2.24, 2.45) is 4.99 Å². The quantitative estimate of drug-likeness (QED) is 0.416. The van der Waals surface area contributed by atoms with Crippen LogP contribution in [0.15, 0.2) is 47.6 Å². The molecule has 1 N–H and O–H groups in total. The lowest BCUT2D eigenvalue weighted by molar-refractivity contribution is 0.172. The average molecular weight is 479 g/mol. The van der Waals surface area contributed by atoms with Crippen LogP contribution in [0.3, 0.4) is 0 Å². The van der Waals surface area contributed by atoms with Gasteiger partial charge in [-0.25, -0.2) is 0 Å². The number of aryl methyl sites for hydroxylation is 2. The van der Waals surface area contributed by atoms with Gasteiger partial charge in [0.25, 0.3) is 0 Å². The average Bonchev–Trinajstić information content (AvgIpc) is 2.65. The zero-order valence-electron chi connectivity index (χ0n) is 16.5. The minimum Gasteiger partial charge on any atom is -0.351 e. The van der Waals surface area contributed by atoms with Crippen molar-refractivity contribution < 1.29 is 0 Å². The van der Waals surface area contributed by atoms with E-state index < -0.39 is 0 Å². The second kappa shape index (κ2) is 10.6. The molecule has 1 aliphatic rings. The van der Waals surface area contributed by atoms with Crippen LogP contribution in [0.4, 0.5) is 0 Å². The van der Waals surface area contributed by atoms with Crippen molar-refractivity contribution in [3.63, 3.8) is 0 Å². The molecule has 0 unspecified atom stereocenters. The molecule has 0 amide bonds. The Kier molecular flexibility index (Phi) is 8.50. The maximum absolute atomic E-state index is 4.46. The molecule has 5 nitrogen and oxygen atoms in total. The van der Waals surface area contributed by atoms with E-state index in [1.165, 1.54) is 16.7 Å². The molecular weight excluding hydrogens is 449 g/mol. The monoisotopic (exact) mass is 479 g/mol. The molecule has 0 spiro atoms. The van der Waals surface area contributed by atoms with Gasteiger partial charge in [-0.15, -0.1) is 24.0 Å². The Morgan fingerprint density at radius 2 is 1.89 bits per heavy atom. The Morgan fingerprint density at radius 1 is 1.11 bits per heavy atom. The van der Waals surface area contributed by atoms with Crippen molar-refractivity contribution >= 4 is 29.9 Å². The van der Waals surface area contributed by atoms with Gasteiger partial charge in [0.1, 0.15) is 0 Å². The lowest BCUT2D eigenvalue weighted by atomic mass is 10.1. The molecule has 1 aliphatic heterocycles. The van der Waals surface area contributed by atoms with Crippen molar-refractivity contribution in [2.75, 3.05) is 33.2 Å². The van der Waals surface area contributed by atoms with Crippen LogP contribution in [0.25, 0.3) is 0 Å². The number of aromatic nitrogens is 1. The molecule has 0 atom stereocenters. The molecule has 2 heterocycles. The zero-order chi connectivity index (χ0) is 18.4. The Bertz CT molecular complexity index is 754. The van der Waals surface area contributed by atoms with Gasteiger partial charge in [-0.3, -0.25) is 14.9 Å². The van der Waals surface area contributed by atoms with E-state index in [4.69, 9.17) is 0 Å². The first kappa shape index (κ1) is 21.6. The van der Waals surface area contributed by atoms with Crippen LogP contribution in [0.1, 0.15) is 22.4 Å². The van der Waals surface area contributed by atoms with E-state index >= 15 is 0 Å². The molecule has 6 heteroatoms. The molecule has 1 fully saturated rings. The number of piperazine rings is 1. The minimum atomic E-state index is 0. The molecule has 1 aromatic carbocycles. The number of guanidine groups is 1. The van der Waals surface area contributed by atoms with Gasteiger partial charge >= 0.3 is 0 Å². The van der Waals surface area contributed by atoms with Crippen LogP contribution in [0, 0.1) is 13.8 Å². The smallest absolute Gasteiger partial charge is 0.194 e. The molecular formula is C21H30IN5. The van der Waals surface area contributed by atoms with Gasteiger partial charge in [-0.2, -0.15) is 0 Å². The van der Waals surface area contributed by atoms with Gasteiger partial charge in [0, 0.05) is 46.0 Å². The summed E-state index contributed by atoms with van der Waals surface area (Å²) in [7, 11) is 1.85. The summed E-state index contributed by atoms with van der Waals surface area (Å²) < 4.78 is 0. The van der Waals surface area contributed by atoms with E-state index in [-0.39, 0.29) is 24.0 Å². The third-order valence-electron chi connectivity index (χ3n) is 4.90. The van der Waals surface area contributed by atoms with E-state index in [1.54, 1.807) is 0 Å². The largest absolute Gasteiger partial charge is 0.351 e. The molecule has 0 saturated carbocycles. The van der Waals surface area contributed by atoms with Crippen molar-refractivity contribution in [3.05, 3.63) is 65.0 Å². The second-order valence-corrected chi connectivity index (χ2v) is 6.92. The maximum atomic E-state index is 4.46. The molecule has 0 bridgehead atoms. The van der Waals surface area contributed by atoms with Gasteiger partial charge in [0.2, 0.25) is 0 Å². The molecule has 1 saturated heterocycles. The summed E-state index contributed by atoms with van der Waals surface area (Å²) in [5.41, 5.74) is 5.01. The maximum Gasteiger partial charge on any atom is 0.194 e. The fourth-order valence-electron chi connectivity index (χ4n) is 3.38. The molecule has 0 aliphatic carbocycles. The topological polar surface area (TPSA) is 43.8 Å². The Balaban J connectivity index is 0.00000261. The van der Waals surface area contributed by atoms with Gasteiger partial charge < -0.3 is 10.2 Å². The number of rotatable bonds is 4. The highest BCUT2D eigenvalue weighted by atomic mass is 127. The number of nitrogens with one attached hydrogen (secondary N) is 1. The van der Waals surface area contributed by atoms with Gasteiger partial charge in [0.15, 0.2) is 5.96 Å². The summed E-state index contributed by atoms with van der Waals surface area (Å²) in [5, 5.41) is 3.46. The molecule has 27 heavy (non-hydrogen) atoms. The fourth-order valence-corrected chi connectivity index (χ4v) is 3.38. The Labute approximate surface area is 179 Å². The SMILES string of the molecule is CN=C(NCc1ncccc1C)N1CCN(Cc2cccc(C)c2)CC1.I.